The number of H-pyrrole nitrogens is 1. The molecule has 0 spiro atoms. The van der Waals surface area contributed by atoms with Crippen LogP contribution in [0.2, 0.25) is 0 Å². The molecule has 15 N–H and O–H groups in total. The van der Waals surface area contributed by atoms with Gasteiger partial charge in [-0.15, -0.1) is 11.8 Å². The number of hydrazine groups is 1. The maximum atomic E-state index is 14.8. The summed E-state index contributed by atoms with van der Waals surface area (Å²) in [5.74, 6) is -12.3. The molecular weight excluding hydrogens is 1120 g/mol. The van der Waals surface area contributed by atoms with Crippen molar-refractivity contribution >= 4 is 99.2 Å². The van der Waals surface area contributed by atoms with Gasteiger partial charge in [-0.25, -0.2) is 5.01 Å². The highest BCUT2D eigenvalue weighted by Gasteiger charge is 2.45. The molecule has 12 amide bonds. The molecule has 458 valence electrons. The van der Waals surface area contributed by atoms with E-state index in [9.17, 15) is 78.0 Å². The van der Waals surface area contributed by atoms with Gasteiger partial charge < -0.3 is 78.2 Å². The molecule has 10 atom stereocenters. The number of aromatic nitrogens is 1. The van der Waals surface area contributed by atoms with Gasteiger partial charge in [0.2, 0.25) is 59.1 Å². The number of primary amides is 1. The Hall–Kier alpha value is -7.87. The lowest BCUT2D eigenvalue weighted by Crippen LogP contribution is -2.62. The number of imide groups is 1. The maximum absolute atomic E-state index is 14.8. The first kappa shape index (κ1) is 63.7. The first-order valence-corrected chi connectivity index (χ1v) is 28.9. The Morgan fingerprint density at radius 2 is 1.48 bits per heavy atom. The number of phenols is 1. The van der Waals surface area contributed by atoms with Crippen molar-refractivity contribution in [2.75, 3.05) is 69.6 Å². The Morgan fingerprint density at radius 1 is 0.798 bits per heavy atom. The molecule has 0 saturated carbocycles. The molecule has 84 heavy (non-hydrogen) atoms. The fourth-order valence-corrected chi connectivity index (χ4v) is 11.7. The number of aromatic hydroxyl groups is 1. The number of unbranched alkanes of at least 4 members (excludes halogenated alkanes) is 2. The smallest absolute Gasteiger partial charge is 0.253 e. The number of hydrogen-bond acceptors (Lipinski definition) is 19. The number of nitrogens with one attached hydrogen (secondary N) is 9. The fraction of sp³-hybridized carbons (Fsp3) is 0.585. The zero-order chi connectivity index (χ0) is 61.1. The summed E-state index contributed by atoms with van der Waals surface area (Å²) in [7, 11) is 0. The third-order valence-corrected chi connectivity index (χ3v) is 16.7. The van der Waals surface area contributed by atoms with Crippen LogP contribution in [0.3, 0.4) is 0 Å². The molecule has 1 aromatic heterocycles. The van der Waals surface area contributed by atoms with Gasteiger partial charge in [0, 0.05) is 87.7 Å². The van der Waals surface area contributed by atoms with Crippen molar-refractivity contribution in [3.8, 4) is 5.75 Å². The van der Waals surface area contributed by atoms with Crippen LogP contribution in [0, 0.1) is 11.8 Å². The Kier molecular flexibility index (Phi) is 21.7. The number of nitrogens with zero attached hydrogens (tertiary/aromatic N) is 4. The van der Waals surface area contributed by atoms with Gasteiger partial charge >= 0.3 is 0 Å². The van der Waals surface area contributed by atoms with E-state index in [1.54, 1.807) is 18.9 Å². The van der Waals surface area contributed by atoms with Crippen LogP contribution in [0.15, 0.2) is 29.3 Å². The highest BCUT2D eigenvalue weighted by Crippen LogP contribution is 2.41. The molecule has 0 unspecified atom stereocenters. The summed E-state index contributed by atoms with van der Waals surface area (Å²) in [6.07, 6.45) is -0.101. The van der Waals surface area contributed by atoms with Crippen LogP contribution < -0.4 is 53.3 Å². The van der Waals surface area contributed by atoms with Crippen molar-refractivity contribution in [1.82, 2.24) is 62.4 Å². The van der Waals surface area contributed by atoms with E-state index in [0.29, 0.717) is 36.6 Å². The summed E-state index contributed by atoms with van der Waals surface area (Å²) in [4.78, 5) is 171. The molecule has 2 aromatic rings. The third kappa shape index (κ3) is 15.7. The lowest BCUT2D eigenvalue weighted by Gasteiger charge is -2.36. The molecule has 5 aliphatic rings. The Labute approximate surface area is 486 Å². The quantitative estimate of drug-likeness (QED) is 0.0585. The van der Waals surface area contributed by atoms with E-state index in [1.165, 1.54) is 31.2 Å². The summed E-state index contributed by atoms with van der Waals surface area (Å²) in [6.45, 7) is 3.15. The number of piperazine rings is 1. The number of aromatic amines is 1. The molecule has 2 saturated heterocycles. The minimum atomic E-state index is -1.81. The highest BCUT2D eigenvalue weighted by molar-refractivity contribution is 7.99. The van der Waals surface area contributed by atoms with Gasteiger partial charge in [-0.3, -0.25) is 67.9 Å². The molecule has 0 aliphatic carbocycles. The number of thioether (sulfide) groups is 1. The molecule has 2 bridgehead atoms. The predicted octanol–water partition coefficient (Wildman–Crippen LogP) is -5.30. The van der Waals surface area contributed by atoms with Crippen molar-refractivity contribution in [1.29, 1.82) is 0 Å². The summed E-state index contributed by atoms with van der Waals surface area (Å²) < 4.78 is 0. The predicted molar refractivity (Wildman–Crippen MR) is 298 cm³/mol. The van der Waals surface area contributed by atoms with Crippen molar-refractivity contribution < 1.29 is 78.0 Å². The Bertz CT molecular complexity index is 2900. The Balaban J connectivity index is 1.27. The average Bonchev–Trinajstić information content (AvgIpc) is 2.28. The molecular formula is C53H74N14O16S. The van der Waals surface area contributed by atoms with E-state index in [4.69, 9.17) is 5.73 Å². The standard InChI is InChI=1S/C53H74N14O16S/c1-4-26(2)43-50(81)56-21-39(74)57-33-25-84-52-30(29-9-10-35(70)46(45(29)62-52)64-14-16-65(17-15-64)63-38(73)8-6-5-7-13-66-41(76)11-12-42(66)77)19-31(47(78)55-22-40(75)60-43)58-51(82)44(27(3)36(71)24-68)61-49(80)34-18-28(69)23-67(34)53(83)32(20-37(54)72)59-48(33)79/h9-12,26-28,31-34,36,43-44,62,68-71H,4-8,13-25H2,1-3H3,(H2,54,72)(H,55,78)(H,56,81)(H,57,74)(H,58,82)(H,59,79)(H,60,75)(H,61,80)(H,63,73)/t26-,27-,28+,31+,32-,33-,34-,36-,43-,44-/m0/s1. The number of nitrogens with two attached hydrogens (primary N) is 1. The van der Waals surface area contributed by atoms with E-state index in [1.807, 2.05) is 4.90 Å². The summed E-state index contributed by atoms with van der Waals surface area (Å²) >= 11 is 0.918. The van der Waals surface area contributed by atoms with Crippen LogP contribution in [0.4, 0.5) is 5.69 Å². The number of carbonyl (C=O) groups is 12. The number of aliphatic hydroxyl groups excluding tert-OH is 3. The zero-order valence-corrected chi connectivity index (χ0v) is 47.6. The van der Waals surface area contributed by atoms with Gasteiger partial charge in [-0.05, 0) is 36.5 Å². The highest BCUT2D eigenvalue weighted by atomic mass is 32.2. The van der Waals surface area contributed by atoms with Crippen molar-refractivity contribution in [3.63, 3.8) is 0 Å². The van der Waals surface area contributed by atoms with Gasteiger partial charge in [0.15, 0.2) is 0 Å². The molecule has 31 heteroatoms. The lowest BCUT2D eigenvalue weighted by atomic mass is 9.93. The first-order chi connectivity index (χ1) is 40.0. The van der Waals surface area contributed by atoms with Crippen LogP contribution in [-0.2, 0) is 64.0 Å². The normalized spacial score (nSPS) is 25.8. The maximum Gasteiger partial charge on any atom is 0.253 e. The second-order valence-electron chi connectivity index (χ2n) is 21.6. The summed E-state index contributed by atoms with van der Waals surface area (Å²) in [5, 5.41) is 63.6. The van der Waals surface area contributed by atoms with Crippen molar-refractivity contribution in [2.24, 2.45) is 17.6 Å². The van der Waals surface area contributed by atoms with E-state index >= 15 is 0 Å². The third-order valence-electron chi connectivity index (χ3n) is 15.6. The number of hydrogen-bond donors (Lipinski definition) is 14. The number of aliphatic hydroxyl groups is 3. The van der Waals surface area contributed by atoms with Crippen molar-refractivity contribution in [3.05, 3.63) is 29.8 Å². The lowest BCUT2D eigenvalue weighted by molar-refractivity contribution is -0.144. The summed E-state index contributed by atoms with van der Waals surface area (Å²) in [5.41, 5.74) is 9.35. The number of anilines is 1. The molecule has 30 nitrogen and oxygen atoms in total. The van der Waals surface area contributed by atoms with E-state index in [0.717, 1.165) is 21.6 Å². The number of fused-ring (bicyclic) bond motifs is 5. The van der Waals surface area contributed by atoms with Gasteiger partial charge in [-0.1, -0.05) is 33.6 Å². The molecule has 5 aliphatic heterocycles. The van der Waals surface area contributed by atoms with Crippen LogP contribution in [0.25, 0.3) is 10.9 Å². The van der Waals surface area contributed by atoms with E-state index in [2.05, 4.69) is 47.6 Å². The van der Waals surface area contributed by atoms with Gasteiger partial charge in [0.25, 0.3) is 11.8 Å². The monoisotopic (exact) mass is 1190 g/mol. The van der Waals surface area contributed by atoms with E-state index in [-0.39, 0.29) is 78.9 Å². The largest absolute Gasteiger partial charge is 0.506 e. The van der Waals surface area contributed by atoms with Gasteiger partial charge in [0.05, 0.1) is 48.9 Å². The number of benzene rings is 1. The summed E-state index contributed by atoms with van der Waals surface area (Å²) in [6, 6.07) is -6.76. The number of rotatable bonds is 15. The molecule has 6 heterocycles. The van der Waals surface area contributed by atoms with Gasteiger partial charge in [0.1, 0.15) is 47.7 Å². The minimum absolute atomic E-state index is 0.176. The van der Waals surface area contributed by atoms with Crippen LogP contribution in [-0.4, -0.2) is 224 Å². The number of phenolic OH excluding ortho intramolecular Hbond substituents is 1. The average molecular weight is 1200 g/mol. The van der Waals surface area contributed by atoms with Gasteiger partial charge in [-0.2, -0.15) is 0 Å². The number of amides is 12. The Morgan fingerprint density at radius 3 is 2.14 bits per heavy atom. The SMILES string of the molecule is CC[C@H](C)[C@@H]1NC(=O)CNC(=O)[C@H]2Cc3c([nH]c4c(N5CCN(NC(=O)CCCCCN6C(=O)C=CC6=O)CC5)c(O)ccc34)SC[C@H](NC(=O)CNC1=O)C(=O)N[C@@H](CC(N)=O)C(=O)N1C[C@H](O)C[C@H]1C(=O)N[C@@H]([C@@H](C)[C@@H](O)CO)C(=O)N2. The van der Waals surface area contributed by atoms with Crippen LogP contribution in [0.5, 0.6) is 5.75 Å². The first-order valence-electron chi connectivity index (χ1n) is 27.9. The second kappa shape index (κ2) is 28.6. The minimum Gasteiger partial charge on any atom is -0.506 e. The van der Waals surface area contributed by atoms with E-state index < -0.39 is 165 Å². The molecule has 1 aromatic carbocycles. The molecule has 7 rings (SSSR count). The van der Waals surface area contributed by atoms with Crippen LogP contribution >= 0.6 is 11.8 Å². The zero-order valence-electron chi connectivity index (χ0n) is 46.8. The molecule has 2 fully saturated rings. The van der Waals surface area contributed by atoms with Crippen molar-refractivity contribution in [2.45, 2.75) is 126 Å². The second-order valence-corrected chi connectivity index (χ2v) is 22.6. The fourth-order valence-electron chi connectivity index (χ4n) is 10.6. The topological polar surface area (TPSA) is 437 Å². The molecule has 0 radical (unpaired) electrons. The van der Waals surface area contributed by atoms with Crippen LogP contribution in [0.1, 0.15) is 71.3 Å². The number of carbonyl (C=O) groups excluding carboxylic acids is 12.